The molecule has 2 unspecified atom stereocenters. The molecule has 1 saturated heterocycles. The Hall–Kier alpha value is -0.610. The molecule has 1 aliphatic heterocycles. The van der Waals surface area contributed by atoms with E-state index in [4.69, 9.17) is 5.11 Å². The molecule has 0 radical (unpaired) electrons. The van der Waals surface area contributed by atoms with E-state index in [-0.39, 0.29) is 18.6 Å². The van der Waals surface area contributed by atoms with E-state index >= 15 is 0 Å². The Kier molecular flexibility index (Phi) is 5.05. The van der Waals surface area contributed by atoms with Gasteiger partial charge in [0.25, 0.3) is 0 Å². The van der Waals surface area contributed by atoms with Gasteiger partial charge in [0.1, 0.15) is 0 Å². The molecule has 0 saturated carbocycles. The molecule has 1 heterocycles. The summed E-state index contributed by atoms with van der Waals surface area (Å²) < 4.78 is 0. The second-order valence-electron chi connectivity index (χ2n) is 4.36. The lowest BCUT2D eigenvalue weighted by Gasteiger charge is -2.24. The van der Waals surface area contributed by atoms with Gasteiger partial charge >= 0.3 is 0 Å². The lowest BCUT2D eigenvalue weighted by Crippen LogP contribution is -2.44. The van der Waals surface area contributed by atoms with Gasteiger partial charge in [0, 0.05) is 26.2 Å². The molecule has 0 aromatic carbocycles. The third-order valence-corrected chi connectivity index (χ3v) is 2.77. The SMILES string of the molecule is CCCN1CC(C)CNC(CCO)C1=O. The normalized spacial score (nSPS) is 27.9. The molecule has 88 valence electrons. The van der Waals surface area contributed by atoms with E-state index < -0.39 is 0 Å². The van der Waals surface area contributed by atoms with E-state index in [1.807, 2.05) is 4.90 Å². The number of hydrogen-bond donors (Lipinski definition) is 2. The Morgan fingerprint density at radius 1 is 1.60 bits per heavy atom. The average Bonchev–Trinajstić information content (AvgIpc) is 2.33. The first-order valence-corrected chi connectivity index (χ1v) is 5.82. The van der Waals surface area contributed by atoms with Crippen LogP contribution in [0.15, 0.2) is 0 Å². The quantitative estimate of drug-likeness (QED) is 0.703. The molecule has 1 fully saturated rings. The third kappa shape index (κ3) is 3.47. The highest BCUT2D eigenvalue weighted by atomic mass is 16.3. The molecule has 0 spiro atoms. The van der Waals surface area contributed by atoms with Crippen LogP contribution in [0.1, 0.15) is 26.7 Å². The van der Waals surface area contributed by atoms with E-state index in [0.717, 1.165) is 26.1 Å². The largest absolute Gasteiger partial charge is 0.396 e. The third-order valence-electron chi connectivity index (χ3n) is 2.77. The number of aliphatic hydroxyl groups excluding tert-OH is 1. The number of carbonyl (C=O) groups is 1. The van der Waals surface area contributed by atoms with Crippen LogP contribution in [0, 0.1) is 5.92 Å². The Labute approximate surface area is 91.6 Å². The molecule has 2 atom stereocenters. The zero-order chi connectivity index (χ0) is 11.3. The van der Waals surface area contributed by atoms with Crippen LogP contribution in [0.25, 0.3) is 0 Å². The van der Waals surface area contributed by atoms with Crippen LogP contribution in [-0.2, 0) is 4.79 Å². The van der Waals surface area contributed by atoms with Crippen molar-refractivity contribution in [3.05, 3.63) is 0 Å². The number of hydrogen-bond acceptors (Lipinski definition) is 3. The second kappa shape index (κ2) is 6.08. The van der Waals surface area contributed by atoms with Gasteiger partial charge in [-0.3, -0.25) is 4.79 Å². The smallest absolute Gasteiger partial charge is 0.239 e. The first-order chi connectivity index (χ1) is 7.19. The van der Waals surface area contributed by atoms with Crippen LogP contribution >= 0.6 is 0 Å². The second-order valence-corrected chi connectivity index (χ2v) is 4.36. The topological polar surface area (TPSA) is 52.6 Å². The molecular weight excluding hydrogens is 192 g/mol. The van der Waals surface area contributed by atoms with Crippen molar-refractivity contribution in [3.8, 4) is 0 Å². The van der Waals surface area contributed by atoms with Crippen LogP contribution in [0.4, 0.5) is 0 Å². The van der Waals surface area contributed by atoms with Crippen molar-refractivity contribution in [2.75, 3.05) is 26.2 Å². The van der Waals surface area contributed by atoms with E-state index in [1.54, 1.807) is 0 Å². The number of carbonyl (C=O) groups excluding carboxylic acids is 1. The molecule has 2 N–H and O–H groups in total. The Balaban J connectivity index is 2.63. The van der Waals surface area contributed by atoms with Gasteiger partial charge in [-0.1, -0.05) is 13.8 Å². The lowest BCUT2D eigenvalue weighted by molar-refractivity contribution is -0.133. The molecule has 0 aromatic rings. The first kappa shape index (κ1) is 12.5. The van der Waals surface area contributed by atoms with Crippen molar-refractivity contribution >= 4 is 5.91 Å². The zero-order valence-electron chi connectivity index (χ0n) is 9.70. The summed E-state index contributed by atoms with van der Waals surface area (Å²) in [6.45, 7) is 6.81. The van der Waals surface area contributed by atoms with Crippen LogP contribution in [0.2, 0.25) is 0 Å². The van der Waals surface area contributed by atoms with Gasteiger partial charge < -0.3 is 15.3 Å². The summed E-state index contributed by atoms with van der Waals surface area (Å²) in [6, 6.07) is -0.188. The Morgan fingerprint density at radius 2 is 2.33 bits per heavy atom. The maximum Gasteiger partial charge on any atom is 0.239 e. The number of nitrogens with one attached hydrogen (secondary N) is 1. The first-order valence-electron chi connectivity index (χ1n) is 5.82. The van der Waals surface area contributed by atoms with Crippen LogP contribution in [-0.4, -0.2) is 48.2 Å². The molecule has 0 bridgehead atoms. The van der Waals surface area contributed by atoms with E-state index in [2.05, 4.69) is 19.2 Å². The summed E-state index contributed by atoms with van der Waals surface area (Å²) in [7, 11) is 0. The summed E-state index contributed by atoms with van der Waals surface area (Å²) in [5.41, 5.74) is 0. The zero-order valence-corrected chi connectivity index (χ0v) is 9.70. The predicted molar refractivity (Wildman–Crippen MR) is 59.5 cm³/mol. The van der Waals surface area contributed by atoms with Gasteiger partial charge in [0.2, 0.25) is 5.91 Å². The van der Waals surface area contributed by atoms with Crippen molar-refractivity contribution < 1.29 is 9.90 Å². The van der Waals surface area contributed by atoms with Gasteiger partial charge in [0.05, 0.1) is 6.04 Å². The van der Waals surface area contributed by atoms with Crippen LogP contribution < -0.4 is 5.32 Å². The van der Waals surface area contributed by atoms with Crippen molar-refractivity contribution in [3.63, 3.8) is 0 Å². The molecule has 4 nitrogen and oxygen atoms in total. The minimum Gasteiger partial charge on any atom is -0.396 e. The predicted octanol–water partition coefficient (Wildman–Crippen LogP) is 0.215. The van der Waals surface area contributed by atoms with Crippen molar-refractivity contribution in [2.24, 2.45) is 5.92 Å². The number of nitrogens with zero attached hydrogens (tertiary/aromatic N) is 1. The molecule has 4 heteroatoms. The highest BCUT2D eigenvalue weighted by Gasteiger charge is 2.27. The highest BCUT2D eigenvalue weighted by molar-refractivity contribution is 5.82. The Bertz CT molecular complexity index is 209. The van der Waals surface area contributed by atoms with E-state index in [0.29, 0.717) is 12.3 Å². The van der Waals surface area contributed by atoms with E-state index in [9.17, 15) is 4.79 Å². The number of amides is 1. The monoisotopic (exact) mass is 214 g/mol. The van der Waals surface area contributed by atoms with E-state index in [1.165, 1.54) is 0 Å². The summed E-state index contributed by atoms with van der Waals surface area (Å²) in [6.07, 6.45) is 1.51. The van der Waals surface area contributed by atoms with Gasteiger partial charge in [0.15, 0.2) is 0 Å². The highest BCUT2D eigenvalue weighted by Crippen LogP contribution is 2.10. The fraction of sp³-hybridized carbons (Fsp3) is 0.909. The summed E-state index contributed by atoms with van der Waals surface area (Å²) in [4.78, 5) is 13.9. The Morgan fingerprint density at radius 3 is 2.93 bits per heavy atom. The fourth-order valence-corrected chi connectivity index (χ4v) is 2.01. The molecular formula is C11H22N2O2. The van der Waals surface area contributed by atoms with Crippen LogP contribution in [0.5, 0.6) is 0 Å². The summed E-state index contributed by atoms with van der Waals surface area (Å²) >= 11 is 0. The fourth-order valence-electron chi connectivity index (χ4n) is 2.01. The van der Waals surface area contributed by atoms with Gasteiger partial charge in [-0.2, -0.15) is 0 Å². The van der Waals surface area contributed by atoms with Gasteiger partial charge in [-0.15, -0.1) is 0 Å². The van der Waals surface area contributed by atoms with Gasteiger partial charge in [-0.25, -0.2) is 0 Å². The molecule has 1 amide bonds. The molecule has 0 aromatic heterocycles. The lowest BCUT2D eigenvalue weighted by atomic mass is 10.2. The average molecular weight is 214 g/mol. The molecule has 15 heavy (non-hydrogen) atoms. The number of aliphatic hydroxyl groups is 1. The minimum atomic E-state index is -0.188. The maximum atomic E-state index is 12.0. The standard InChI is InChI=1S/C11H22N2O2/c1-3-5-13-8-9(2)7-12-10(4-6-14)11(13)15/h9-10,12,14H,3-8H2,1-2H3. The summed E-state index contributed by atoms with van der Waals surface area (Å²) in [5, 5.41) is 12.1. The molecule has 1 rings (SSSR count). The minimum absolute atomic E-state index is 0.0672. The van der Waals surface area contributed by atoms with Crippen LogP contribution in [0.3, 0.4) is 0 Å². The number of rotatable bonds is 4. The maximum absolute atomic E-state index is 12.0. The van der Waals surface area contributed by atoms with Crippen molar-refractivity contribution in [2.45, 2.75) is 32.7 Å². The van der Waals surface area contributed by atoms with Gasteiger partial charge in [-0.05, 0) is 18.8 Å². The molecule has 1 aliphatic rings. The molecule has 0 aliphatic carbocycles. The van der Waals surface area contributed by atoms with Crippen molar-refractivity contribution in [1.29, 1.82) is 0 Å². The van der Waals surface area contributed by atoms with Crippen molar-refractivity contribution in [1.82, 2.24) is 10.2 Å². The summed E-state index contributed by atoms with van der Waals surface area (Å²) in [5.74, 6) is 0.638.